The number of amides is 1. The van der Waals surface area contributed by atoms with E-state index in [1.807, 2.05) is 0 Å². The predicted molar refractivity (Wildman–Crippen MR) is 57.0 cm³/mol. The molecular weight excluding hydrogens is 256 g/mol. The van der Waals surface area contributed by atoms with Crippen molar-refractivity contribution in [3.8, 4) is 0 Å². The Balaban J connectivity index is 0. The summed E-state index contributed by atoms with van der Waals surface area (Å²) in [7, 11) is -3.82. The van der Waals surface area contributed by atoms with Gasteiger partial charge in [-0.1, -0.05) is 6.08 Å². The van der Waals surface area contributed by atoms with Crippen LogP contribution in [0.5, 0.6) is 0 Å². The van der Waals surface area contributed by atoms with Gasteiger partial charge in [0.1, 0.15) is 7.60 Å². The summed E-state index contributed by atoms with van der Waals surface area (Å²) in [5.41, 5.74) is 0. The third kappa shape index (κ3) is 9.97. The summed E-state index contributed by atoms with van der Waals surface area (Å²) in [5, 5.41) is 9.59. The van der Waals surface area contributed by atoms with Gasteiger partial charge in [-0.3, -0.25) is 10.0 Å². The van der Waals surface area contributed by atoms with Crippen molar-refractivity contribution in [2.75, 3.05) is 19.3 Å². The smallest absolute Gasteiger partial charge is 0.778 e. The second-order valence-corrected chi connectivity index (χ2v) is 5.05. The van der Waals surface area contributed by atoms with Crippen LogP contribution in [0.15, 0.2) is 12.7 Å². The first-order valence-corrected chi connectivity index (χ1v) is 6.70. The van der Waals surface area contributed by atoms with Gasteiger partial charge in [0.25, 0.3) is 0 Å². The zero-order valence-corrected chi connectivity index (χ0v) is 13.2. The van der Waals surface area contributed by atoms with Gasteiger partial charge in [0.05, 0.1) is 13.2 Å². The molecule has 8 heteroatoms. The van der Waals surface area contributed by atoms with Crippen molar-refractivity contribution >= 4 is 13.5 Å². The number of hydroxylamine groups is 2. The molecule has 0 radical (unpaired) electrons. The van der Waals surface area contributed by atoms with Crippen LogP contribution in [0.25, 0.3) is 0 Å². The van der Waals surface area contributed by atoms with Crippen molar-refractivity contribution in [2.24, 2.45) is 0 Å². The van der Waals surface area contributed by atoms with Crippen LogP contribution in [-0.2, 0) is 13.9 Å². The topological polar surface area (TPSA) is 89.9 Å². The van der Waals surface area contributed by atoms with Crippen LogP contribution in [0.1, 0.15) is 19.8 Å². The first kappa shape index (κ1) is 19.7. The Hall–Kier alpha value is 0.320. The summed E-state index contributed by atoms with van der Waals surface area (Å²) in [5.74, 6) is -0.531. The van der Waals surface area contributed by atoms with Crippen molar-refractivity contribution in [1.82, 2.24) is 5.06 Å². The molecule has 1 atom stereocenters. The molecule has 17 heavy (non-hydrogen) atoms. The van der Waals surface area contributed by atoms with Gasteiger partial charge in [-0.25, -0.2) is 5.06 Å². The zero-order chi connectivity index (χ0) is 12.6. The van der Waals surface area contributed by atoms with E-state index in [1.165, 1.54) is 6.08 Å². The Morgan fingerprint density at radius 2 is 2.24 bits per heavy atom. The Morgan fingerprint density at radius 1 is 1.65 bits per heavy atom. The maximum atomic E-state index is 11.2. The van der Waals surface area contributed by atoms with E-state index in [9.17, 15) is 14.3 Å². The number of rotatable bonds is 8. The van der Waals surface area contributed by atoms with E-state index in [-0.39, 0.29) is 61.7 Å². The minimum Gasteiger partial charge on any atom is -0.778 e. The minimum atomic E-state index is -3.82. The number of carbonyl (C=O) groups excluding carboxylic acids is 1. The van der Waals surface area contributed by atoms with Gasteiger partial charge in [0.15, 0.2) is 0 Å². The van der Waals surface area contributed by atoms with E-state index in [4.69, 9.17) is 5.21 Å². The standard InChI is InChI=1S/C9H18NO5P.Na/c1-3-7-10(12)9(11)6-5-8-16(13,14)15-4-2;/h3,12H,1,4-8H2,2H3,(H,13,14);/q;+1/p-1. The van der Waals surface area contributed by atoms with Gasteiger partial charge in [-0.2, -0.15) is 0 Å². The quantitative estimate of drug-likeness (QED) is 0.178. The van der Waals surface area contributed by atoms with Crippen molar-refractivity contribution in [3.05, 3.63) is 12.7 Å². The first-order valence-electron chi connectivity index (χ1n) is 4.97. The first-order chi connectivity index (χ1) is 7.43. The summed E-state index contributed by atoms with van der Waals surface area (Å²) in [4.78, 5) is 22.3. The maximum Gasteiger partial charge on any atom is 1.00 e. The molecule has 6 nitrogen and oxygen atoms in total. The Bertz CT molecular complexity index is 287. The van der Waals surface area contributed by atoms with Gasteiger partial charge in [0, 0.05) is 12.6 Å². The van der Waals surface area contributed by atoms with Crippen LogP contribution < -0.4 is 34.5 Å². The monoisotopic (exact) mass is 273 g/mol. The summed E-state index contributed by atoms with van der Waals surface area (Å²) >= 11 is 0. The van der Waals surface area contributed by atoms with Gasteiger partial charge < -0.3 is 14.0 Å². The van der Waals surface area contributed by atoms with E-state index in [1.54, 1.807) is 6.92 Å². The molecule has 0 aliphatic heterocycles. The molecule has 0 bridgehead atoms. The fraction of sp³-hybridized carbons (Fsp3) is 0.667. The SMILES string of the molecule is C=CCN(O)C(=O)CCCP(=O)([O-])OCC.[Na+]. The molecule has 1 amide bonds. The van der Waals surface area contributed by atoms with E-state index in [0.717, 1.165) is 0 Å². The van der Waals surface area contributed by atoms with Crippen LogP contribution in [0, 0.1) is 0 Å². The summed E-state index contributed by atoms with van der Waals surface area (Å²) in [6.07, 6.45) is 1.27. The van der Waals surface area contributed by atoms with Crippen LogP contribution in [0.2, 0.25) is 0 Å². The van der Waals surface area contributed by atoms with Crippen molar-refractivity contribution in [1.29, 1.82) is 0 Å². The molecule has 0 saturated heterocycles. The molecule has 0 aliphatic rings. The van der Waals surface area contributed by atoms with Crippen LogP contribution in [-0.4, -0.2) is 35.5 Å². The van der Waals surface area contributed by atoms with Crippen LogP contribution >= 0.6 is 7.60 Å². The second kappa shape index (κ2) is 10.3. The molecule has 0 spiro atoms. The molecule has 0 rings (SSSR count). The molecule has 0 saturated carbocycles. The number of carbonyl (C=O) groups is 1. The zero-order valence-electron chi connectivity index (χ0n) is 10.3. The second-order valence-electron chi connectivity index (χ2n) is 3.12. The van der Waals surface area contributed by atoms with E-state index >= 15 is 0 Å². The minimum absolute atomic E-state index is 0. The van der Waals surface area contributed by atoms with Crippen molar-refractivity contribution < 1.29 is 53.5 Å². The average molecular weight is 273 g/mol. The van der Waals surface area contributed by atoms with Gasteiger partial charge in [0.2, 0.25) is 5.91 Å². The summed E-state index contributed by atoms with van der Waals surface area (Å²) in [6.45, 7) is 5.06. The molecule has 0 heterocycles. The van der Waals surface area contributed by atoms with E-state index in [2.05, 4.69) is 11.1 Å². The molecule has 1 N–H and O–H groups in total. The molecule has 94 valence electrons. The Morgan fingerprint density at radius 3 is 2.71 bits per heavy atom. The number of hydrogen-bond donors (Lipinski definition) is 1. The molecule has 1 unspecified atom stereocenters. The maximum absolute atomic E-state index is 11.2. The molecular formula is C9H17NNaO5P. The number of nitrogens with zero attached hydrogens (tertiary/aromatic N) is 1. The largest absolute Gasteiger partial charge is 1.00 e. The fourth-order valence-electron chi connectivity index (χ4n) is 1.04. The van der Waals surface area contributed by atoms with Gasteiger partial charge >= 0.3 is 29.6 Å². The predicted octanol–water partition coefficient (Wildman–Crippen LogP) is -2.24. The average Bonchev–Trinajstić information content (AvgIpc) is 2.17. The molecule has 0 aromatic rings. The van der Waals surface area contributed by atoms with Crippen molar-refractivity contribution in [2.45, 2.75) is 19.8 Å². The number of hydrogen-bond acceptors (Lipinski definition) is 5. The van der Waals surface area contributed by atoms with Gasteiger partial charge in [-0.05, 0) is 13.3 Å². The van der Waals surface area contributed by atoms with Crippen molar-refractivity contribution in [3.63, 3.8) is 0 Å². The summed E-state index contributed by atoms with van der Waals surface area (Å²) < 4.78 is 15.6. The Labute approximate surface area is 123 Å². The van der Waals surface area contributed by atoms with Crippen LogP contribution in [0.3, 0.4) is 0 Å². The molecule has 0 aromatic carbocycles. The fourth-order valence-corrected chi connectivity index (χ4v) is 2.11. The third-order valence-electron chi connectivity index (χ3n) is 1.74. The molecule has 0 aromatic heterocycles. The van der Waals surface area contributed by atoms with E-state index in [0.29, 0.717) is 5.06 Å². The molecule has 0 fully saturated rings. The Kier molecular flexibility index (Phi) is 11.9. The normalized spacial score (nSPS) is 13.4. The van der Waals surface area contributed by atoms with Crippen LogP contribution in [0.4, 0.5) is 0 Å². The third-order valence-corrected chi connectivity index (χ3v) is 3.25. The van der Waals surface area contributed by atoms with E-state index < -0.39 is 13.5 Å². The van der Waals surface area contributed by atoms with Gasteiger partial charge in [-0.15, -0.1) is 6.58 Å². The molecule has 0 aliphatic carbocycles. The summed E-state index contributed by atoms with van der Waals surface area (Å²) in [6, 6.07) is 0.